The van der Waals surface area contributed by atoms with Gasteiger partial charge in [0.05, 0.1) is 7.11 Å². The second-order valence-electron chi connectivity index (χ2n) is 6.59. The zero-order valence-electron chi connectivity index (χ0n) is 15.9. The van der Waals surface area contributed by atoms with Gasteiger partial charge in [-0.1, -0.05) is 56.5 Å². The fourth-order valence-electron chi connectivity index (χ4n) is 3.04. The molecule has 0 aliphatic carbocycles. The predicted molar refractivity (Wildman–Crippen MR) is 108 cm³/mol. The van der Waals surface area contributed by atoms with Gasteiger partial charge in [-0.15, -0.1) is 0 Å². The second-order valence-corrected chi connectivity index (χ2v) is 6.59. The molecule has 0 atom stereocenters. The van der Waals surface area contributed by atoms with Gasteiger partial charge in [-0.2, -0.15) is 0 Å². The average molecular weight is 363 g/mol. The van der Waals surface area contributed by atoms with Crippen molar-refractivity contribution in [2.75, 3.05) is 7.11 Å². The van der Waals surface area contributed by atoms with Crippen LogP contribution in [0.4, 0.5) is 0 Å². The van der Waals surface area contributed by atoms with E-state index in [0.717, 1.165) is 17.5 Å². The third-order valence-electron chi connectivity index (χ3n) is 4.57. The molecule has 0 N–H and O–H groups in total. The average Bonchev–Trinajstić information content (AvgIpc) is 3.06. The summed E-state index contributed by atoms with van der Waals surface area (Å²) in [4.78, 5) is 16.6. The number of aliphatic imine (C=N–C) groups is 1. The molecule has 3 rings (SSSR count). The maximum atomic E-state index is 12.2. The number of nitrogens with zero attached hydrogens (tertiary/aromatic N) is 1. The number of benzene rings is 2. The first-order valence-corrected chi connectivity index (χ1v) is 9.46. The van der Waals surface area contributed by atoms with Gasteiger partial charge in [0.25, 0.3) is 0 Å². The Kier molecular flexibility index (Phi) is 6.42. The molecule has 0 bridgehead atoms. The lowest BCUT2D eigenvalue weighted by molar-refractivity contribution is -0.129. The first-order chi connectivity index (χ1) is 13.2. The van der Waals surface area contributed by atoms with Crippen molar-refractivity contribution in [3.05, 3.63) is 70.9 Å². The van der Waals surface area contributed by atoms with Crippen molar-refractivity contribution in [2.24, 2.45) is 4.99 Å². The van der Waals surface area contributed by atoms with E-state index in [9.17, 15) is 4.79 Å². The number of rotatable bonds is 8. The summed E-state index contributed by atoms with van der Waals surface area (Å²) in [7, 11) is 1.60. The number of esters is 1. The summed E-state index contributed by atoms with van der Waals surface area (Å²) < 4.78 is 10.7. The van der Waals surface area contributed by atoms with Crippen molar-refractivity contribution in [2.45, 2.75) is 39.0 Å². The Bertz CT molecular complexity index is 850. The van der Waals surface area contributed by atoms with Gasteiger partial charge in [-0.25, -0.2) is 9.79 Å². The monoisotopic (exact) mass is 363 g/mol. The van der Waals surface area contributed by atoms with Gasteiger partial charge in [0.1, 0.15) is 5.75 Å². The first-order valence-electron chi connectivity index (χ1n) is 9.46. The zero-order valence-corrected chi connectivity index (χ0v) is 15.9. The maximum Gasteiger partial charge on any atom is 0.363 e. The number of carbonyl (C=O) groups is 1. The van der Waals surface area contributed by atoms with Crippen molar-refractivity contribution in [1.29, 1.82) is 0 Å². The Morgan fingerprint density at radius 3 is 2.56 bits per heavy atom. The van der Waals surface area contributed by atoms with Crippen LogP contribution in [-0.4, -0.2) is 19.0 Å². The number of hydrogen-bond acceptors (Lipinski definition) is 4. The third kappa shape index (κ3) is 4.85. The van der Waals surface area contributed by atoms with Gasteiger partial charge in [0.2, 0.25) is 5.90 Å². The molecule has 140 valence electrons. The van der Waals surface area contributed by atoms with E-state index < -0.39 is 5.97 Å². The summed E-state index contributed by atoms with van der Waals surface area (Å²) in [5.74, 6) is 0.590. The predicted octanol–water partition coefficient (Wildman–Crippen LogP) is 5.16. The standard InChI is InChI=1S/C23H25NO3/c1-3-4-5-6-9-17-12-14-18(15-13-17)22-24-20(23(25)27-22)16-19-10-7-8-11-21(19)26-2/h7-8,10-16H,3-6,9H2,1-2H3. The molecule has 0 amide bonds. The van der Waals surface area contributed by atoms with Gasteiger partial charge in [0, 0.05) is 11.1 Å². The third-order valence-corrected chi connectivity index (χ3v) is 4.57. The van der Waals surface area contributed by atoms with Crippen LogP contribution in [0.15, 0.2) is 59.2 Å². The lowest BCUT2D eigenvalue weighted by atomic mass is 10.0. The van der Waals surface area contributed by atoms with E-state index in [-0.39, 0.29) is 5.70 Å². The van der Waals surface area contributed by atoms with Crippen LogP contribution >= 0.6 is 0 Å². The Morgan fingerprint density at radius 2 is 1.81 bits per heavy atom. The van der Waals surface area contributed by atoms with Crippen LogP contribution in [0, 0.1) is 0 Å². The molecule has 1 aliphatic heterocycles. The van der Waals surface area contributed by atoms with Crippen molar-refractivity contribution >= 4 is 17.9 Å². The smallest absolute Gasteiger partial charge is 0.363 e. The number of cyclic esters (lactones) is 1. The number of carbonyl (C=O) groups excluding carboxylic acids is 1. The Labute approximate surface area is 160 Å². The van der Waals surface area contributed by atoms with Crippen LogP contribution in [0.5, 0.6) is 5.75 Å². The maximum absolute atomic E-state index is 12.2. The number of unbranched alkanes of at least 4 members (excludes halogenated alkanes) is 3. The largest absolute Gasteiger partial charge is 0.496 e. The number of aryl methyl sites for hydroxylation is 1. The van der Waals surface area contributed by atoms with Gasteiger partial charge in [-0.05, 0) is 42.7 Å². The van der Waals surface area contributed by atoms with E-state index >= 15 is 0 Å². The molecule has 0 aromatic heterocycles. The first kappa shape index (κ1) is 18.9. The molecule has 1 heterocycles. The summed E-state index contributed by atoms with van der Waals surface area (Å²) in [5.41, 5.74) is 3.17. The minimum atomic E-state index is -0.445. The van der Waals surface area contributed by atoms with Crippen molar-refractivity contribution in [3.8, 4) is 5.75 Å². The highest BCUT2D eigenvalue weighted by Gasteiger charge is 2.24. The molecule has 0 unspecified atom stereocenters. The number of methoxy groups -OCH3 is 1. The summed E-state index contributed by atoms with van der Waals surface area (Å²) in [6.45, 7) is 2.22. The Balaban J connectivity index is 1.73. The summed E-state index contributed by atoms with van der Waals surface area (Å²) >= 11 is 0. The lowest BCUT2D eigenvalue weighted by Gasteiger charge is -2.03. The minimum Gasteiger partial charge on any atom is -0.496 e. The SMILES string of the molecule is CCCCCCc1ccc(C2=NC(=Cc3ccccc3OC)C(=O)O2)cc1. The van der Waals surface area contributed by atoms with Crippen LogP contribution in [0.2, 0.25) is 0 Å². The van der Waals surface area contributed by atoms with Crippen molar-refractivity contribution < 1.29 is 14.3 Å². The van der Waals surface area contributed by atoms with Crippen LogP contribution in [-0.2, 0) is 16.0 Å². The quantitative estimate of drug-likeness (QED) is 0.370. The molecule has 0 fully saturated rings. The minimum absolute atomic E-state index is 0.276. The molecule has 27 heavy (non-hydrogen) atoms. The van der Waals surface area contributed by atoms with E-state index in [2.05, 4.69) is 24.0 Å². The van der Waals surface area contributed by atoms with Crippen LogP contribution in [0.3, 0.4) is 0 Å². The summed E-state index contributed by atoms with van der Waals surface area (Å²) in [6.07, 6.45) is 7.76. The van der Waals surface area contributed by atoms with E-state index in [1.807, 2.05) is 36.4 Å². The number of hydrogen-bond donors (Lipinski definition) is 0. The van der Waals surface area contributed by atoms with Crippen LogP contribution in [0.1, 0.15) is 49.3 Å². The lowest BCUT2D eigenvalue weighted by Crippen LogP contribution is -2.05. The fraction of sp³-hybridized carbons (Fsp3) is 0.304. The van der Waals surface area contributed by atoms with Crippen molar-refractivity contribution in [3.63, 3.8) is 0 Å². The van der Waals surface area contributed by atoms with Crippen LogP contribution < -0.4 is 4.74 Å². The van der Waals surface area contributed by atoms with Crippen molar-refractivity contribution in [1.82, 2.24) is 0 Å². The Hall–Kier alpha value is -2.88. The zero-order chi connectivity index (χ0) is 19.1. The number of ether oxygens (including phenoxy) is 2. The molecule has 0 saturated heterocycles. The highest BCUT2D eigenvalue weighted by Crippen LogP contribution is 2.24. The molecule has 1 aliphatic rings. The summed E-state index contributed by atoms with van der Waals surface area (Å²) in [6, 6.07) is 15.6. The van der Waals surface area contributed by atoms with E-state index in [1.165, 1.54) is 31.2 Å². The van der Waals surface area contributed by atoms with E-state index in [0.29, 0.717) is 11.6 Å². The highest BCUT2D eigenvalue weighted by molar-refractivity contribution is 6.12. The van der Waals surface area contributed by atoms with Gasteiger partial charge in [-0.3, -0.25) is 0 Å². The van der Waals surface area contributed by atoms with Gasteiger partial charge in [0.15, 0.2) is 5.70 Å². The van der Waals surface area contributed by atoms with E-state index in [4.69, 9.17) is 9.47 Å². The molecular formula is C23H25NO3. The molecular weight excluding hydrogens is 338 g/mol. The molecule has 2 aromatic rings. The molecule has 0 spiro atoms. The van der Waals surface area contributed by atoms with Crippen LogP contribution in [0.25, 0.3) is 6.08 Å². The van der Waals surface area contributed by atoms with Gasteiger partial charge >= 0.3 is 5.97 Å². The topological polar surface area (TPSA) is 47.9 Å². The molecule has 0 radical (unpaired) electrons. The normalized spacial score (nSPS) is 15.0. The second kappa shape index (κ2) is 9.17. The summed E-state index contributed by atoms with van der Waals surface area (Å²) in [5, 5.41) is 0. The molecule has 4 heteroatoms. The molecule has 0 saturated carbocycles. The highest BCUT2D eigenvalue weighted by atomic mass is 16.6. The van der Waals surface area contributed by atoms with Gasteiger partial charge < -0.3 is 9.47 Å². The fourth-order valence-corrected chi connectivity index (χ4v) is 3.04. The Morgan fingerprint density at radius 1 is 1.04 bits per heavy atom. The van der Waals surface area contributed by atoms with E-state index in [1.54, 1.807) is 13.2 Å². The molecule has 4 nitrogen and oxygen atoms in total. The number of para-hydroxylation sites is 1. The molecule has 2 aromatic carbocycles.